The van der Waals surface area contributed by atoms with Gasteiger partial charge in [0.1, 0.15) is 5.82 Å². The van der Waals surface area contributed by atoms with Crippen LogP contribution in [0.15, 0.2) is 18.3 Å². The molecular weight excluding hydrogens is 230 g/mol. The Hall–Kier alpha value is -1.62. The van der Waals surface area contributed by atoms with Crippen molar-refractivity contribution in [1.82, 2.24) is 4.98 Å². The molecule has 1 aromatic rings. The maximum absolute atomic E-state index is 11.4. The Morgan fingerprint density at radius 2 is 2.39 bits per heavy atom. The third kappa shape index (κ3) is 4.33. The molecule has 0 aliphatic heterocycles. The molecule has 0 aliphatic carbocycles. The number of aromatic nitrogens is 1. The molecule has 1 aromatic heterocycles. The predicted molar refractivity (Wildman–Crippen MR) is 71.6 cm³/mol. The Balaban J connectivity index is 2.68. The van der Waals surface area contributed by atoms with Gasteiger partial charge in [0.25, 0.3) is 0 Å². The summed E-state index contributed by atoms with van der Waals surface area (Å²) < 4.78 is 4.67. The van der Waals surface area contributed by atoms with Crippen LogP contribution in [0.1, 0.15) is 36.5 Å². The minimum absolute atomic E-state index is 0.186. The monoisotopic (exact) mass is 251 g/mol. The third-order valence-corrected chi connectivity index (χ3v) is 2.72. The first-order valence-electron chi connectivity index (χ1n) is 6.22. The van der Waals surface area contributed by atoms with Gasteiger partial charge < -0.3 is 15.8 Å². The van der Waals surface area contributed by atoms with Crippen LogP contribution in [0.5, 0.6) is 0 Å². The summed E-state index contributed by atoms with van der Waals surface area (Å²) >= 11 is 0. The summed E-state index contributed by atoms with van der Waals surface area (Å²) in [5.41, 5.74) is 6.19. The van der Waals surface area contributed by atoms with Crippen molar-refractivity contribution >= 4 is 11.8 Å². The van der Waals surface area contributed by atoms with Crippen LogP contribution in [0.2, 0.25) is 0 Å². The number of nitrogens with one attached hydrogen (secondary N) is 1. The maximum Gasteiger partial charge on any atom is 0.338 e. The molecule has 0 fully saturated rings. The van der Waals surface area contributed by atoms with E-state index in [1.165, 1.54) is 7.11 Å². The number of hydrogen-bond donors (Lipinski definition) is 2. The van der Waals surface area contributed by atoms with Crippen molar-refractivity contribution in [3.05, 3.63) is 23.9 Å². The van der Waals surface area contributed by atoms with E-state index in [9.17, 15) is 4.79 Å². The molecule has 3 N–H and O–H groups in total. The van der Waals surface area contributed by atoms with Gasteiger partial charge in [0.15, 0.2) is 0 Å². The summed E-state index contributed by atoms with van der Waals surface area (Å²) in [6, 6.07) is 3.49. The van der Waals surface area contributed by atoms with Crippen molar-refractivity contribution < 1.29 is 9.53 Å². The van der Waals surface area contributed by atoms with E-state index in [2.05, 4.69) is 22.0 Å². The van der Waals surface area contributed by atoms with Crippen LogP contribution in [-0.4, -0.2) is 30.6 Å². The van der Waals surface area contributed by atoms with E-state index in [0.717, 1.165) is 19.3 Å². The highest BCUT2D eigenvalue weighted by molar-refractivity contribution is 5.89. The van der Waals surface area contributed by atoms with E-state index in [0.29, 0.717) is 17.9 Å². The molecule has 0 aliphatic rings. The number of unbranched alkanes of at least 4 members (excludes halogenated alkanes) is 1. The minimum Gasteiger partial charge on any atom is -0.465 e. The first-order valence-corrected chi connectivity index (χ1v) is 6.22. The summed E-state index contributed by atoms with van der Waals surface area (Å²) in [5, 5.41) is 3.24. The average Bonchev–Trinajstić information content (AvgIpc) is 2.42. The van der Waals surface area contributed by atoms with Gasteiger partial charge in [-0.2, -0.15) is 0 Å². The molecule has 0 saturated carbocycles. The smallest absolute Gasteiger partial charge is 0.338 e. The number of methoxy groups -OCH3 is 1. The highest BCUT2D eigenvalue weighted by Gasteiger charge is 2.09. The normalized spacial score (nSPS) is 11.9. The zero-order valence-corrected chi connectivity index (χ0v) is 11.0. The van der Waals surface area contributed by atoms with Crippen LogP contribution < -0.4 is 11.1 Å². The lowest BCUT2D eigenvalue weighted by atomic mass is 10.1. The number of hydrogen-bond acceptors (Lipinski definition) is 5. The van der Waals surface area contributed by atoms with E-state index in [4.69, 9.17) is 5.73 Å². The number of rotatable bonds is 7. The molecule has 1 unspecified atom stereocenters. The fraction of sp³-hybridized carbons (Fsp3) is 0.538. The standard InChI is InChI=1S/C13H21N3O2/c1-3-4-5-11(9-14)16-12-8-10(6-7-15-12)13(17)18-2/h6-8,11H,3-5,9,14H2,1-2H3,(H,15,16). The van der Waals surface area contributed by atoms with Crippen LogP contribution >= 0.6 is 0 Å². The second-order valence-corrected chi connectivity index (χ2v) is 4.14. The van der Waals surface area contributed by atoms with Gasteiger partial charge in [0, 0.05) is 18.8 Å². The first kappa shape index (κ1) is 14.4. The summed E-state index contributed by atoms with van der Waals surface area (Å²) in [6.07, 6.45) is 4.83. The SMILES string of the molecule is CCCCC(CN)Nc1cc(C(=O)OC)ccn1. The Kier molecular flexibility index (Phi) is 6.14. The van der Waals surface area contributed by atoms with Gasteiger partial charge in [0.05, 0.1) is 12.7 Å². The van der Waals surface area contributed by atoms with Crippen LogP contribution in [0.4, 0.5) is 5.82 Å². The van der Waals surface area contributed by atoms with Crippen molar-refractivity contribution in [2.75, 3.05) is 19.0 Å². The largest absolute Gasteiger partial charge is 0.465 e. The highest BCUT2D eigenvalue weighted by Crippen LogP contribution is 2.11. The molecule has 0 saturated heterocycles. The number of anilines is 1. The second kappa shape index (κ2) is 7.66. The number of nitrogens with zero attached hydrogens (tertiary/aromatic N) is 1. The number of ether oxygens (including phenoxy) is 1. The molecule has 1 heterocycles. The van der Waals surface area contributed by atoms with Crippen molar-refractivity contribution in [2.24, 2.45) is 5.73 Å². The molecule has 1 atom stereocenters. The van der Waals surface area contributed by atoms with Crippen molar-refractivity contribution in [1.29, 1.82) is 0 Å². The number of esters is 1. The van der Waals surface area contributed by atoms with E-state index in [-0.39, 0.29) is 12.0 Å². The molecular formula is C13H21N3O2. The number of pyridine rings is 1. The lowest BCUT2D eigenvalue weighted by Crippen LogP contribution is -2.29. The molecule has 5 heteroatoms. The Bertz CT molecular complexity index is 382. The highest BCUT2D eigenvalue weighted by atomic mass is 16.5. The van der Waals surface area contributed by atoms with E-state index in [1.54, 1.807) is 18.3 Å². The van der Waals surface area contributed by atoms with Gasteiger partial charge in [-0.15, -0.1) is 0 Å². The third-order valence-electron chi connectivity index (χ3n) is 2.72. The van der Waals surface area contributed by atoms with Crippen LogP contribution in [-0.2, 0) is 4.74 Å². The molecule has 1 rings (SSSR count). The molecule has 5 nitrogen and oxygen atoms in total. The topological polar surface area (TPSA) is 77.2 Å². The zero-order chi connectivity index (χ0) is 13.4. The van der Waals surface area contributed by atoms with E-state index < -0.39 is 0 Å². The Morgan fingerprint density at radius 1 is 1.61 bits per heavy atom. The quantitative estimate of drug-likeness (QED) is 0.722. The minimum atomic E-state index is -0.363. The van der Waals surface area contributed by atoms with Crippen molar-refractivity contribution in [2.45, 2.75) is 32.2 Å². The predicted octanol–water partition coefficient (Wildman–Crippen LogP) is 1.80. The molecule has 0 amide bonds. The lowest BCUT2D eigenvalue weighted by molar-refractivity contribution is 0.0600. The summed E-state index contributed by atoms with van der Waals surface area (Å²) in [6.45, 7) is 2.69. The zero-order valence-electron chi connectivity index (χ0n) is 11.0. The summed E-state index contributed by atoms with van der Waals surface area (Å²) in [7, 11) is 1.36. The van der Waals surface area contributed by atoms with Gasteiger partial charge >= 0.3 is 5.97 Å². The van der Waals surface area contributed by atoms with E-state index >= 15 is 0 Å². The number of carbonyl (C=O) groups is 1. The van der Waals surface area contributed by atoms with Gasteiger partial charge in [-0.1, -0.05) is 19.8 Å². The average molecular weight is 251 g/mol. The summed E-state index contributed by atoms with van der Waals surface area (Å²) in [4.78, 5) is 15.6. The lowest BCUT2D eigenvalue weighted by Gasteiger charge is -2.17. The second-order valence-electron chi connectivity index (χ2n) is 4.14. The molecule has 0 bridgehead atoms. The molecule has 0 aromatic carbocycles. The number of carbonyl (C=O) groups excluding carboxylic acids is 1. The maximum atomic E-state index is 11.4. The summed E-state index contributed by atoms with van der Waals surface area (Å²) in [5.74, 6) is 0.294. The van der Waals surface area contributed by atoms with Gasteiger partial charge in [0.2, 0.25) is 0 Å². The molecule has 100 valence electrons. The van der Waals surface area contributed by atoms with Gasteiger partial charge in [-0.3, -0.25) is 0 Å². The van der Waals surface area contributed by atoms with Crippen LogP contribution in [0.25, 0.3) is 0 Å². The first-order chi connectivity index (χ1) is 8.71. The Morgan fingerprint density at radius 3 is 3.00 bits per heavy atom. The Labute approximate surface area is 108 Å². The molecule has 0 spiro atoms. The van der Waals surface area contributed by atoms with E-state index in [1.807, 2.05) is 0 Å². The van der Waals surface area contributed by atoms with Crippen LogP contribution in [0.3, 0.4) is 0 Å². The van der Waals surface area contributed by atoms with Gasteiger partial charge in [-0.25, -0.2) is 9.78 Å². The molecule has 18 heavy (non-hydrogen) atoms. The fourth-order valence-corrected chi connectivity index (χ4v) is 1.66. The fourth-order valence-electron chi connectivity index (χ4n) is 1.66. The van der Waals surface area contributed by atoms with Crippen LogP contribution in [0, 0.1) is 0 Å². The molecule has 0 radical (unpaired) electrons. The van der Waals surface area contributed by atoms with Gasteiger partial charge in [-0.05, 0) is 18.6 Å². The van der Waals surface area contributed by atoms with Crippen molar-refractivity contribution in [3.8, 4) is 0 Å². The number of nitrogens with two attached hydrogens (primary N) is 1. The van der Waals surface area contributed by atoms with Crippen molar-refractivity contribution in [3.63, 3.8) is 0 Å².